The highest BCUT2D eigenvalue weighted by molar-refractivity contribution is 5.28. The lowest BCUT2D eigenvalue weighted by atomic mass is 10.1. The highest BCUT2D eigenvalue weighted by Crippen LogP contribution is 2.32. The van der Waals surface area contributed by atoms with Gasteiger partial charge in [-0.3, -0.25) is 0 Å². The molecule has 1 aromatic carbocycles. The molecule has 0 amide bonds. The van der Waals surface area contributed by atoms with Gasteiger partial charge < -0.3 is 5.32 Å². The minimum absolute atomic E-state index is 0.0518. The van der Waals surface area contributed by atoms with Crippen LogP contribution in [0.1, 0.15) is 30.9 Å². The Bertz CT molecular complexity index is 360. The van der Waals surface area contributed by atoms with Gasteiger partial charge in [0, 0.05) is 12.1 Å². The fourth-order valence-corrected chi connectivity index (χ4v) is 1.46. The lowest BCUT2D eigenvalue weighted by molar-refractivity contribution is -0.140. The van der Waals surface area contributed by atoms with E-state index in [1.807, 2.05) is 6.92 Å². The van der Waals surface area contributed by atoms with Crippen molar-refractivity contribution in [2.75, 3.05) is 6.54 Å². The van der Waals surface area contributed by atoms with Gasteiger partial charge in [-0.1, -0.05) is 25.5 Å². The minimum atomic E-state index is -4.64. The number of benzene rings is 1. The van der Waals surface area contributed by atoms with Crippen LogP contribution < -0.4 is 5.32 Å². The normalized spacial score (nSPS) is 11.8. The monoisotopic (exact) mass is 249 g/mol. The van der Waals surface area contributed by atoms with Gasteiger partial charge in [0.15, 0.2) is 0 Å². The van der Waals surface area contributed by atoms with Gasteiger partial charge in [0.25, 0.3) is 0 Å². The molecule has 1 N–H and O–H groups in total. The van der Waals surface area contributed by atoms with E-state index in [2.05, 4.69) is 5.32 Å². The highest BCUT2D eigenvalue weighted by Gasteiger charge is 2.34. The van der Waals surface area contributed by atoms with Crippen LogP contribution in [0.4, 0.5) is 17.6 Å². The van der Waals surface area contributed by atoms with Crippen LogP contribution in [0.15, 0.2) is 18.2 Å². The Morgan fingerprint density at radius 1 is 1.24 bits per heavy atom. The molecule has 0 spiro atoms. The molecular weight excluding hydrogens is 234 g/mol. The fourth-order valence-electron chi connectivity index (χ4n) is 1.46. The Labute approximate surface area is 97.8 Å². The van der Waals surface area contributed by atoms with Gasteiger partial charge in [0.2, 0.25) is 0 Å². The van der Waals surface area contributed by atoms with Gasteiger partial charge in [-0.15, -0.1) is 0 Å². The molecule has 0 unspecified atom stereocenters. The van der Waals surface area contributed by atoms with Crippen molar-refractivity contribution in [3.63, 3.8) is 0 Å². The first kappa shape index (κ1) is 14.0. The van der Waals surface area contributed by atoms with Crippen molar-refractivity contribution in [2.24, 2.45) is 0 Å². The lowest BCUT2D eigenvalue weighted by Gasteiger charge is -2.11. The predicted octanol–water partition coefficient (Wildman–Crippen LogP) is 3.73. The largest absolute Gasteiger partial charge is 0.419 e. The van der Waals surface area contributed by atoms with Gasteiger partial charge in [-0.2, -0.15) is 13.2 Å². The van der Waals surface area contributed by atoms with Crippen molar-refractivity contribution < 1.29 is 17.6 Å². The lowest BCUT2D eigenvalue weighted by Crippen LogP contribution is -2.17. The summed E-state index contributed by atoms with van der Waals surface area (Å²) >= 11 is 0. The average molecular weight is 249 g/mol. The quantitative estimate of drug-likeness (QED) is 0.619. The maximum absolute atomic E-state index is 13.5. The second-order valence-corrected chi connectivity index (χ2v) is 3.81. The van der Waals surface area contributed by atoms with Crippen LogP contribution in [0.2, 0.25) is 0 Å². The molecule has 0 heterocycles. The maximum Gasteiger partial charge on any atom is 0.419 e. The van der Waals surface area contributed by atoms with Gasteiger partial charge in [-0.25, -0.2) is 4.39 Å². The van der Waals surface area contributed by atoms with Crippen molar-refractivity contribution >= 4 is 0 Å². The number of alkyl halides is 3. The van der Waals surface area contributed by atoms with E-state index in [1.54, 1.807) is 0 Å². The van der Waals surface area contributed by atoms with Crippen LogP contribution in [-0.4, -0.2) is 6.54 Å². The summed E-state index contributed by atoms with van der Waals surface area (Å²) in [4.78, 5) is 0. The Balaban J connectivity index is 2.74. The zero-order chi connectivity index (χ0) is 12.9. The molecule has 5 heteroatoms. The summed E-state index contributed by atoms with van der Waals surface area (Å²) in [6.07, 6.45) is -2.73. The van der Waals surface area contributed by atoms with E-state index in [0.717, 1.165) is 18.9 Å². The molecule has 0 saturated carbocycles. The van der Waals surface area contributed by atoms with Gasteiger partial charge in [-0.05, 0) is 19.0 Å². The molecule has 0 saturated heterocycles. The van der Waals surface area contributed by atoms with E-state index in [-0.39, 0.29) is 12.1 Å². The molecule has 0 bridgehead atoms. The Hall–Kier alpha value is -1.10. The van der Waals surface area contributed by atoms with Crippen molar-refractivity contribution in [1.82, 2.24) is 5.32 Å². The van der Waals surface area contributed by atoms with Crippen LogP contribution in [0, 0.1) is 5.82 Å². The first-order valence-electron chi connectivity index (χ1n) is 5.52. The number of halogens is 4. The number of nitrogens with one attached hydrogen (secondary N) is 1. The summed E-state index contributed by atoms with van der Waals surface area (Å²) in [6.45, 7) is 2.80. The van der Waals surface area contributed by atoms with Crippen molar-refractivity contribution in [2.45, 2.75) is 32.5 Å². The summed E-state index contributed by atoms with van der Waals surface area (Å²) < 4.78 is 50.8. The minimum Gasteiger partial charge on any atom is -0.313 e. The Morgan fingerprint density at radius 2 is 1.94 bits per heavy atom. The summed E-state index contributed by atoms with van der Waals surface area (Å²) in [5.41, 5.74) is -1.15. The third kappa shape index (κ3) is 4.00. The first-order valence-corrected chi connectivity index (χ1v) is 5.52. The molecule has 0 aliphatic carbocycles. The molecule has 1 aromatic rings. The van der Waals surface area contributed by atoms with E-state index < -0.39 is 17.6 Å². The average Bonchev–Trinajstić information content (AvgIpc) is 2.25. The Morgan fingerprint density at radius 3 is 2.53 bits per heavy atom. The topological polar surface area (TPSA) is 12.0 Å². The van der Waals surface area contributed by atoms with Gasteiger partial charge in [0.1, 0.15) is 5.82 Å². The van der Waals surface area contributed by atoms with E-state index in [4.69, 9.17) is 0 Å². The van der Waals surface area contributed by atoms with Gasteiger partial charge >= 0.3 is 6.18 Å². The van der Waals surface area contributed by atoms with Crippen LogP contribution in [0.25, 0.3) is 0 Å². The number of hydrogen-bond donors (Lipinski definition) is 1. The third-order valence-electron chi connectivity index (χ3n) is 2.41. The summed E-state index contributed by atoms with van der Waals surface area (Å²) in [7, 11) is 0. The number of unbranched alkanes of at least 4 members (excludes halogenated alkanes) is 1. The molecule has 0 fully saturated rings. The van der Waals surface area contributed by atoms with Gasteiger partial charge in [0.05, 0.1) is 5.56 Å². The Kier molecular flexibility index (Phi) is 4.93. The molecule has 1 nitrogen and oxygen atoms in total. The highest BCUT2D eigenvalue weighted by atomic mass is 19.4. The van der Waals surface area contributed by atoms with Crippen LogP contribution >= 0.6 is 0 Å². The smallest absolute Gasteiger partial charge is 0.313 e. The zero-order valence-electron chi connectivity index (χ0n) is 9.57. The van der Waals surface area contributed by atoms with E-state index in [0.29, 0.717) is 6.54 Å². The summed E-state index contributed by atoms with van der Waals surface area (Å²) in [6, 6.07) is 3.34. The molecule has 0 aliphatic heterocycles. The van der Waals surface area contributed by atoms with Crippen molar-refractivity contribution in [1.29, 1.82) is 0 Å². The molecule has 96 valence electrons. The maximum atomic E-state index is 13.5. The molecule has 0 radical (unpaired) electrons. The van der Waals surface area contributed by atoms with E-state index in [1.165, 1.54) is 12.1 Å². The van der Waals surface area contributed by atoms with E-state index in [9.17, 15) is 17.6 Å². The van der Waals surface area contributed by atoms with Crippen molar-refractivity contribution in [3.05, 3.63) is 35.1 Å². The third-order valence-corrected chi connectivity index (χ3v) is 2.41. The molecule has 1 rings (SSSR count). The molecule has 0 atom stereocenters. The van der Waals surface area contributed by atoms with Crippen LogP contribution in [0.5, 0.6) is 0 Å². The standard InChI is InChI=1S/C12H15F4N/c1-2-3-7-17-8-9-5-4-6-10(11(9)13)12(14,15)16/h4-6,17H,2-3,7-8H2,1H3. The second-order valence-electron chi connectivity index (χ2n) is 3.81. The predicted molar refractivity (Wildman–Crippen MR) is 58.0 cm³/mol. The SMILES string of the molecule is CCCCNCc1cccc(C(F)(F)F)c1F. The van der Waals surface area contributed by atoms with Crippen LogP contribution in [0.3, 0.4) is 0 Å². The van der Waals surface area contributed by atoms with Crippen molar-refractivity contribution in [3.8, 4) is 0 Å². The zero-order valence-corrected chi connectivity index (χ0v) is 9.57. The first-order chi connectivity index (χ1) is 7.96. The fraction of sp³-hybridized carbons (Fsp3) is 0.500. The summed E-state index contributed by atoms with van der Waals surface area (Å²) in [5, 5.41) is 2.91. The molecular formula is C12H15F4N. The number of hydrogen-bond acceptors (Lipinski definition) is 1. The molecule has 0 aliphatic rings. The second kappa shape index (κ2) is 6.00. The molecule has 0 aromatic heterocycles. The summed E-state index contributed by atoms with van der Waals surface area (Å²) in [5.74, 6) is -1.18. The van der Waals surface area contributed by atoms with E-state index >= 15 is 0 Å². The van der Waals surface area contributed by atoms with Crippen LogP contribution in [-0.2, 0) is 12.7 Å². The molecule has 17 heavy (non-hydrogen) atoms. The number of rotatable bonds is 5.